The first-order valence-corrected chi connectivity index (χ1v) is 7.63. The number of aliphatic hydroxyl groups excluding tert-OH is 1. The van der Waals surface area contributed by atoms with Gasteiger partial charge >= 0.3 is 0 Å². The van der Waals surface area contributed by atoms with Crippen molar-refractivity contribution in [1.29, 1.82) is 0 Å². The molecule has 1 aromatic heterocycles. The molecular weight excluding hydrogens is 279 g/mol. The molecular formula is C18H23FN2O. The Morgan fingerprint density at radius 2 is 1.77 bits per heavy atom. The number of aromatic nitrogens is 1. The van der Waals surface area contributed by atoms with Gasteiger partial charge in [-0.25, -0.2) is 0 Å². The molecule has 0 fully saturated rings. The number of halogens is 1. The van der Waals surface area contributed by atoms with Crippen LogP contribution in [0.25, 0.3) is 11.1 Å². The lowest BCUT2D eigenvalue weighted by Crippen LogP contribution is -2.22. The molecule has 0 aliphatic heterocycles. The zero-order valence-electron chi connectivity index (χ0n) is 13.1. The van der Waals surface area contributed by atoms with Crippen LogP contribution in [-0.4, -0.2) is 22.8 Å². The van der Waals surface area contributed by atoms with Crippen LogP contribution in [0.2, 0.25) is 0 Å². The second-order valence-electron chi connectivity index (χ2n) is 5.69. The van der Waals surface area contributed by atoms with E-state index in [1.165, 1.54) is 0 Å². The van der Waals surface area contributed by atoms with Crippen LogP contribution < -0.4 is 5.32 Å². The largest absolute Gasteiger partial charge is 0.388 e. The summed E-state index contributed by atoms with van der Waals surface area (Å²) in [6.45, 7) is 4.45. The molecule has 0 saturated heterocycles. The van der Waals surface area contributed by atoms with E-state index in [0.717, 1.165) is 28.9 Å². The highest BCUT2D eigenvalue weighted by Gasteiger charge is 2.07. The number of alkyl halides is 1. The maximum Gasteiger partial charge on any atom is 0.0922 e. The van der Waals surface area contributed by atoms with Crippen LogP contribution in [0.3, 0.4) is 0 Å². The van der Waals surface area contributed by atoms with Crippen LogP contribution in [0.5, 0.6) is 0 Å². The Labute approximate surface area is 131 Å². The van der Waals surface area contributed by atoms with E-state index in [1.807, 2.05) is 42.6 Å². The van der Waals surface area contributed by atoms with Crippen molar-refractivity contribution in [2.45, 2.75) is 39.0 Å². The summed E-state index contributed by atoms with van der Waals surface area (Å²) in [6, 6.07) is 12.0. The molecule has 0 radical (unpaired) electrons. The molecule has 1 aromatic carbocycles. The van der Waals surface area contributed by atoms with E-state index in [0.29, 0.717) is 6.04 Å². The molecule has 2 aromatic rings. The molecule has 1 unspecified atom stereocenters. The van der Waals surface area contributed by atoms with Gasteiger partial charge in [0, 0.05) is 30.8 Å². The number of nitrogens with one attached hydrogen (secondary N) is 1. The maximum absolute atomic E-state index is 12.3. The molecule has 3 nitrogen and oxygen atoms in total. The van der Waals surface area contributed by atoms with Crippen LogP contribution in [0.15, 0.2) is 42.6 Å². The standard InChI is InChI=1S/C18H23FN2O/c1-13(2)20-12-17-8-7-16(11-21-17)14-3-5-15(6-4-14)18(22)9-10-19/h3-8,11,13,18,20,22H,9-10,12H2,1-2H3. The highest BCUT2D eigenvalue weighted by Crippen LogP contribution is 2.23. The van der Waals surface area contributed by atoms with Gasteiger partial charge in [-0.1, -0.05) is 44.2 Å². The Balaban J connectivity index is 2.05. The molecule has 22 heavy (non-hydrogen) atoms. The Morgan fingerprint density at radius 3 is 2.32 bits per heavy atom. The van der Waals surface area contributed by atoms with Crippen LogP contribution >= 0.6 is 0 Å². The van der Waals surface area contributed by atoms with Crippen molar-refractivity contribution < 1.29 is 9.50 Å². The SMILES string of the molecule is CC(C)NCc1ccc(-c2ccc(C(O)CCF)cc2)cn1. The Hall–Kier alpha value is -1.78. The zero-order chi connectivity index (χ0) is 15.9. The summed E-state index contributed by atoms with van der Waals surface area (Å²) in [6.07, 6.45) is 1.25. The summed E-state index contributed by atoms with van der Waals surface area (Å²) >= 11 is 0. The molecule has 4 heteroatoms. The predicted octanol–water partition coefficient (Wildman–Crippen LogP) is 3.64. The van der Waals surface area contributed by atoms with E-state index in [4.69, 9.17) is 0 Å². The van der Waals surface area contributed by atoms with Gasteiger partial charge in [0.05, 0.1) is 18.5 Å². The van der Waals surface area contributed by atoms with E-state index < -0.39 is 12.8 Å². The second kappa shape index (κ2) is 8.01. The van der Waals surface area contributed by atoms with E-state index >= 15 is 0 Å². The Morgan fingerprint density at radius 1 is 1.09 bits per heavy atom. The third kappa shape index (κ3) is 4.61. The highest BCUT2D eigenvalue weighted by molar-refractivity contribution is 5.62. The molecule has 0 bridgehead atoms. The fourth-order valence-electron chi connectivity index (χ4n) is 2.18. The van der Waals surface area contributed by atoms with Crippen molar-refractivity contribution in [1.82, 2.24) is 10.3 Å². The number of benzene rings is 1. The van der Waals surface area contributed by atoms with Crippen LogP contribution in [0, 0.1) is 0 Å². The fraction of sp³-hybridized carbons (Fsp3) is 0.389. The quantitative estimate of drug-likeness (QED) is 0.821. The Kier molecular flexibility index (Phi) is 6.04. The topological polar surface area (TPSA) is 45.1 Å². The molecule has 0 aliphatic carbocycles. The van der Waals surface area contributed by atoms with Crippen LogP contribution in [0.4, 0.5) is 4.39 Å². The van der Waals surface area contributed by atoms with Gasteiger partial charge in [0.15, 0.2) is 0 Å². The zero-order valence-corrected chi connectivity index (χ0v) is 13.1. The molecule has 0 amide bonds. The van der Waals surface area contributed by atoms with Crippen LogP contribution in [-0.2, 0) is 6.54 Å². The number of rotatable bonds is 7. The third-order valence-electron chi connectivity index (χ3n) is 3.53. The van der Waals surface area contributed by atoms with E-state index in [9.17, 15) is 9.50 Å². The number of aliphatic hydroxyl groups is 1. The first-order valence-electron chi connectivity index (χ1n) is 7.63. The van der Waals surface area contributed by atoms with Gasteiger partial charge in [-0.15, -0.1) is 0 Å². The number of hydrogen-bond acceptors (Lipinski definition) is 3. The fourth-order valence-corrected chi connectivity index (χ4v) is 2.18. The molecule has 1 atom stereocenters. The maximum atomic E-state index is 12.3. The minimum atomic E-state index is -0.735. The average molecular weight is 302 g/mol. The van der Waals surface area contributed by atoms with E-state index in [2.05, 4.69) is 24.1 Å². The number of pyridine rings is 1. The third-order valence-corrected chi connectivity index (χ3v) is 3.53. The smallest absolute Gasteiger partial charge is 0.0922 e. The second-order valence-corrected chi connectivity index (χ2v) is 5.69. The lowest BCUT2D eigenvalue weighted by Gasteiger charge is -2.10. The highest BCUT2D eigenvalue weighted by atomic mass is 19.1. The van der Waals surface area contributed by atoms with Crippen molar-refractivity contribution >= 4 is 0 Å². The van der Waals surface area contributed by atoms with Crippen molar-refractivity contribution in [2.24, 2.45) is 0 Å². The van der Waals surface area contributed by atoms with Crippen molar-refractivity contribution in [3.63, 3.8) is 0 Å². The summed E-state index contributed by atoms with van der Waals surface area (Å²) in [5.41, 5.74) is 3.81. The summed E-state index contributed by atoms with van der Waals surface area (Å²) in [5.74, 6) is 0. The number of nitrogens with zero attached hydrogens (tertiary/aromatic N) is 1. The van der Waals surface area contributed by atoms with Gasteiger partial charge in [-0.05, 0) is 17.2 Å². The van der Waals surface area contributed by atoms with Gasteiger partial charge in [-0.3, -0.25) is 9.37 Å². The molecule has 118 valence electrons. The lowest BCUT2D eigenvalue weighted by atomic mass is 10.0. The molecule has 2 rings (SSSR count). The molecule has 0 spiro atoms. The summed E-state index contributed by atoms with van der Waals surface area (Å²) in [5, 5.41) is 13.1. The predicted molar refractivity (Wildman–Crippen MR) is 87.2 cm³/mol. The van der Waals surface area contributed by atoms with E-state index in [-0.39, 0.29) is 6.42 Å². The van der Waals surface area contributed by atoms with Crippen LogP contribution in [0.1, 0.15) is 37.6 Å². The first kappa shape index (κ1) is 16.6. The van der Waals surface area contributed by atoms with Crippen molar-refractivity contribution in [3.05, 3.63) is 53.9 Å². The minimum Gasteiger partial charge on any atom is -0.388 e. The van der Waals surface area contributed by atoms with Crippen molar-refractivity contribution in [2.75, 3.05) is 6.67 Å². The van der Waals surface area contributed by atoms with Gasteiger partial charge in [-0.2, -0.15) is 0 Å². The molecule has 1 heterocycles. The van der Waals surface area contributed by atoms with Crippen molar-refractivity contribution in [3.8, 4) is 11.1 Å². The summed E-state index contributed by atoms with van der Waals surface area (Å²) in [4.78, 5) is 4.45. The Bertz CT molecular complexity index is 567. The first-order chi connectivity index (χ1) is 10.6. The normalized spacial score (nSPS) is 12.6. The van der Waals surface area contributed by atoms with Gasteiger partial charge in [0.25, 0.3) is 0 Å². The molecule has 0 aliphatic rings. The van der Waals surface area contributed by atoms with E-state index in [1.54, 1.807) is 0 Å². The lowest BCUT2D eigenvalue weighted by molar-refractivity contribution is 0.156. The average Bonchev–Trinajstić information content (AvgIpc) is 2.54. The van der Waals surface area contributed by atoms with Gasteiger partial charge in [0.1, 0.15) is 0 Å². The van der Waals surface area contributed by atoms with Gasteiger partial charge in [0.2, 0.25) is 0 Å². The van der Waals surface area contributed by atoms with Gasteiger partial charge < -0.3 is 10.4 Å². The molecule has 2 N–H and O–H groups in total. The summed E-state index contributed by atoms with van der Waals surface area (Å²) < 4.78 is 12.3. The monoisotopic (exact) mass is 302 g/mol. The molecule has 0 saturated carbocycles. The number of hydrogen-bond donors (Lipinski definition) is 2. The summed E-state index contributed by atoms with van der Waals surface area (Å²) in [7, 11) is 0. The minimum absolute atomic E-state index is 0.137.